The molecule has 0 aliphatic carbocycles. The Labute approximate surface area is 186 Å². The molecule has 4 aromatic rings. The summed E-state index contributed by atoms with van der Waals surface area (Å²) in [5.74, 6) is 0. The first-order valence-electron chi connectivity index (χ1n) is 9.68. The largest absolute Gasteiger partial charge is 0.383 e. The number of fused-ring (bicyclic) bond motifs is 1. The van der Waals surface area contributed by atoms with Crippen molar-refractivity contribution in [2.24, 2.45) is 0 Å². The Morgan fingerprint density at radius 1 is 1.00 bits per heavy atom. The monoisotopic (exact) mass is 444 g/mol. The molecule has 30 heavy (non-hydrogen) atoms. The van der Waals surface area contributed by atoms with E-state index in [9.17, 15) is 4.79 Å². The summed E-state index contributed by atoms with van der Waals surface area (Å²) < 4.78 is 4.93. The molecule has 0 aliphatic heterocycles. The van der Waals surface area contributed by atoms with E-state index in [4.69, 9.17) is 14.7 Å². The zero-order chi connectivity index (χ0) is 21.3. The number of nitrogens with one attached hydrogen (secondary N) is 2. The minimum atomic E-state index is -0.280. The maximum atomic E-state index is 12.0. The van der Waals surface area contributed by atoms with Gasteiger partial charge in [0, 0.05) is 22.2 Å². The number of nitrogens with zero attached hydrogens (tertiary/aromatic N) is 2. The highest BCUT2D eigenvalue weighted by atomic mass is 32.1. The minimum absolute atomic E-state index is 0. The van der Waals surface area contributed by atoms with E-state index in [0.717, 1.165) is 32.2 Å². The fraction of sp³-hybridized carbons (Fsp3) is 0.227. The topological polar surface area (TPSA) is 76.1 Å². The molecule has 6 nitrogen and oxygen atoms in total. The molecule has 0 saturated carbocycles. The highest BCUT2D eigenvalue weighted by molar-refractivity contribution is 7.14. The van der Waals surface area contributed by atoms with Gasteiger partial charge in [0.15, 0.2) is 0 Å². The van der Waals surface area contributed by atoms with E-state index in [1.54, 1.807) is 29.8 Å². The number of carbonyl (C=O) groups is 1. The van der Waals surface area contributed by atoms with Gasteiger partial charge in [-0.15, -0.1) is 22.7 Å². The highest BCUT2D eigenvalue weighted by Gasteiger charge is 2.15. The quantitative estimate of drug-likeness (QED) is 0.339. The molecule has 0 fully saturated rings. The highest BCUT2D eigenvalue weighted by Crippen LogP contribution is 2.35. The lowest BCUT2D eigenvalue weighted by atomic mass is 10.2. The molecule has 1 aromatic carbocycles. The smallest absolute Gasteiger partial charge is 0.319 e. The summed E-state index contributed by atoms with van der Waals surface area (Å²) in [7, 11) is 1.59. The summed E-state index contributed by atoms with van der Waals surface area (Å²) in [5, 5.41) is 9.62. The van der Waals surface area contributed by atoms with Crippen LogP contribution in [0.4, 0.5) is 10.5 Å². The summed E-state index contributed by atoms with van der Waals surface area (Å²) in [6, 6.07) is 13.4. The fourth-order valence-electron chi connectivity index (χ4n) is 2.74. The molecule has 2 amide bonds. The molecule has 0 aliphatic rings. The number of anilines is 1. The molecule has 2 N–H and O–H groups in total. The van der Waals surface area contributed by atoms with Crippen LogP contribution < -0.4 is 10.6 Å². The third-order valence-corrected chi connectivity index (χ3v) is 5.78. The first kappa shape index (κ1) is 21.9. The van der Waals surface area contributed by atoms with Crippen molar-refractivity contribution in [2.75, 3.05) is 25.6 Å². The molecule has 3 heterocycles. The minimum Gasteiger partial charge on any atom is -0.383 e. The van der Waals surface area contributed by atoms with Crippen molar-refractivity contribution in [1.29, 1.82) is 0 Å². The second kappa shape index (κ2) is 10.8. The zero-order valence-electron chi connectivity index (χ0n) is 17.1. The van der Waals surface area contributed by atoms with E-state index in [1.165, 1.54) is 0 Å². The Morgan fingerprint density at radius 3 is 2.20 bits per heavy atom. The summed E-state index contributed by atoms with van der Waals surface area (Å²) in [6.07, 6.45) is 0. The number of aromatic nitrogens is 2. The van der Waals surface area contributed by atoms with Crippen molar-refractivity contribution in [3.63, 3.8) is 0 Å². The van der Waals surface area contributed by atoms with Crippen LogP contribution >= 0.6 is 22.7 Å². The number of thiophene rings is 2. The van der Waals surface area contributed by atoms with Crippen LogP contribution in [0.25, 0.3) is 32.2 Å². The van der Waals surface area contributed by atoms with Crippen LogP contribution in [0.5, 0.6) is 0 Å². The number of amides is 2. The zero-order valence-corrected chi connectivity index (χ0v) is 18.8. The second-order valence-electron chi connectivity index (χ2n) is 5.95. The van der Waals surface area contributed by atoms with Gasteiger partial charge in [-0.25, -0.2) is 14.8 Å². The van der Waals surface area contributed by atoms with Crippen LogP contribution in [-0.2, 0) is 4.74 Å². The molecule has 0 radical (unpaired) electrons. The number of carbonyl (C=O) groups excluding carboxylic acids is 1. The number of hydrogen-bond acceptors (Lipinski definition) is 6. The van der Waals surface area contributed by atoms with E-state index in [2.05, 4.69) is 16.7 Å². The molecule has 0 atom stereocenters. The van der Waals surface area contributed by atoms with Gasteiger partial charge < -0.3 is 15.4 Å². The summed E-state index contributed by atoms with van der Waals surface area (Å²) in [4.78, 5) is 23.9. The van der Waals surface area contributed by atoms with Crippen LogP contribution in [0.15, 0.2) is 53.2 Å². The Morgan fingerprint density at radius 2 is 1.63 bits per heavy atom. The Hall–Kier alpha value is -2.81. The van der Waals surface area contributed by atoms with Gasteiger partial charge in [0.05, 0.1) is 27.4 Å². The second-order valence-corrected chi connectivity index (χ2v) is 7.85. The number of methoxy groups -OCH3 is 1. The van der Waals surface area contributed by atoms with Gasteiger partial charge in [-0.2, -0.15) is 0 Å². The van der Waals surface area contributed by atoms with Gasteiger partial charge in [-0.3, -0.25) is 0 Å². The lowest BCUT2D eigenvalue weighted by Gasteiger charge is -2.10. The van der Waals surface area contributed by atoms with Crippen LogP contribution in [0.1, 0.15) is 16.7 Å². The number of ether oxygens (including phenoxy) is 1. The van der Waals surface area contributed by atoms with Gasteiger partial charge in [-0.05, 0) is 41.1 Å². The van der Waals surface area contributed by atoms with Gasteiger partial charge in [0.2, 0.25) is 0 Å². The predicted molar refractivity (Wildman–Crippen MR) is 131 cm³/mol. The molecular weight excluding hydrogens is 416 g/mol. The number of urea groups is 1. The van der Waals surface area contributed by atoms with Crippen molar-refractivity contribution in [1.82, 2.24) is 15.3 Å². The van der Waals surface area contributed by atoms with E-state index < -0.39 is 0 Å². The average molecular weight is 445 g/mol. The van der Waals surface area contributed by atoms with Gasteiger partial charge >= 0.3 is 6.03 Å². The van der Waals surface area contributed by atoms with Crippen LogP contribution in [0, 0.1) is 0 Å². The first-order valence-corrected chi connectivity index (χ1v) is 11.4. The molecule has 4 rings (SSSR count). The van der Waals surface area contributed by atoms with Crippen molar-refractivity contribution in [3.05, 3.63) is 53.2 Å². The van der Waals surface area contributed by atoms with Gasteiger partial charge in [0.25, 0.3) is 0 Å². The Bertz CT molecular complexity index is 1090. The summed E-state index contributed by atoms with van der Waals surface area (Å²) >= 11 is 3.28. The maximum Gasteiger partial charge on any atom is 0.319 e. The molecular formula is C22H28N4O2S2. The SMILES string of the molecule is CC.COCCNC(=O)Nc1ccc2nc(-c3cccs3)c(-c3cccs3)nc2c1.[HH].[HH]. The number of hydrogen-bond donors (Lipinski definition) is 2. The lowest BCUT2D eigenvalue weighted by Crippen LogP contribution is -2.31. The summed E-state index contributed by atoms with van der Waals surface area (Å²) in [5.41, 5.74) is 3.92. The predicted octanol–water partition coefficient (Wildman–Crippen LogP) is 6.37. The van der Waals surface area contributed by atoms with E-state index in [0.29, 0.717) is 18.8 Å². The number of rotatable bonds is 6. The normalized spacial score (nSPS) is 10.4. The standard InChI is InChI=1S/C20H18N4O2S2.C2H6.2H2/c1-26-9-8-21-20(25)22-13-6-7-14-15(12-13)24-19(17-5-3-11-28-17)18(23-14)16-4-2-10-27-16;1-2;;/h2-7,10-12H,8-9H2,1H3,(H2,21,22,25);1-2H3;2*1H. The van der Waals surface area contributed by atoms with E-state index in [-0.39, 0.29) is 8.88 Å². The maximum absolute atomic E-state index is 12.0. The molecule has 0 unspecified atom stereocenters. The van der Waals surface area contributed by atoms with Crippen LogP contribution in [0.2, 0.25) is 0 Å². The summed E-state index contributed by atoms with van der Waals surface area (Å²) in [6.45, 7) is 4.91. The molecule has 8 heteroatoms. The van der Waals surface area contributed by atoms with Crippen molar-refractivity contribution in [2.45, 2.75) is 13.8 Å². The van der Waals surface area contributed by atoms with Crippen LogP contribution in [0.3, 0.4) is 0 Å². The van der Waals surface area contributed by atoms with E-state index >= 15 is 0 Å². The van der Waals surface area contributed by atoms with Crippen molar-refractivity contribution in [3.8, 4) is 21.1 Å². The first-order chi connectivity index (χ1) is 14.7. The van der Waals surface area contributed by atoms with Gasteiger partial charge in [0.1, 0.15) is 11.4 Å². The third kappa shape index (κ3) is 5.21. The van der Waals surface area contributed by atoms with Crippen molar-refractivity contribution < 1.29 is 12.4 Å². The molecule has 0 saturated heterocycles. The molecule has 3 aromatic heterocycles. The molecule has 0 bridgehead atoms. The van der Waals surface area contributed by atoms with Crippen molar-refractivity contribution >= 4 is 45.4 Å². The lowest BCUT2D eigenvalue weighted by molar-refractivity contribution is 0.198. The fourth-order valence-corrected chi connectivity index (χ4v) is 4.17. The molecule has 0 spiro atoms. The number of benzene rings is 1. The average Bonchev–Trinajstić information content (AvgIpc) is 3.49. The van der Waals surface area contributed by atoms with Gasteiger partial charge in [-0.1, -0.05) is 26.0 Å². The molecule has 160 valence electrons. The van der Waals surface area contributed by atoms with Crippen LogP contribution in [-0.4, -0.2) is 36.3 Å². The third-order valence-electron chi connectivity index (χ3n) is 4.02. The van der Waals surface area contributed by atoms with E-state index in [1.807, 2.05) is 61.0 Å². The Kier molecular flexibility index (Phi) is 7.89. The Balaban J connectivity index is 0.00000125.